The number of halogens is 2. The van der Waals surface area contributed by atoms with Gasteiger partial charge in [-0.1, -0.05) is 29.3 Å². The molecule has 2 aliphatic heterocycles. The number of anilines is 1. The summed E-state index contributed by atoms with van der Waals surface area (Å²) in [6, 6.07) is 9.30. The largest absolute Gasteiger partial charge is 0.359 e. The van der Waals surface area contributed by atoms with Crippen molar-refractivity contribution in [3.8, 4) is 0 Å². The molecule has 0 unspecified atom stereocenters. The first kappa shape index (κ1) is 30.8. The molecular weight excluding hydrogens is 613 g/mol. The maximum absolute atomic E-state index is 13.3. The lowest BCUT2D eigenvalue weighted by atomic mass is 10.0. The Morgan fingerprint density at radius 3 is 2.56 bits per heavy atom. The van der Waals surface area contributed by atoms with Gasteiger partial charge in [-0.25, -0.2) is 8.42 Å². The van der Waals surface area contributed by atoms with Crippen LogP contribution < -0.4 is 16.0 Å². The van der Waals surface area contributed by atoms with Gasteiger partial charge in [0.25, 0.3) is 5.91 Å². The molecule has 43 heavy (non-hydrogen) atoms. The monoisotopic (exact) mass is 643 g/mol. The first-order valence-electron chi connectivity index (χ1n) is 13.7. The van der Waals surface area contributed by atoms with E-state index in [1.54, 1.807) is 30.3 Å². The quantitative estimate of drug-likeness (QED) is 0.263. The summed E-state index contributed by atoms with van der Waals surface area (Å²) in [7, 11) is -3.85. The number of H-pyrrole nitrogens is 1. The highest BCUT2D eigenvalue weighted by Gasteiger charge is 2.28. The second kappa shape index (κ2) is 12.5. The Kier molecular flexibility index (Phi) is 8.98. The number of hydrogen-bond acceptors (Lipinski definition) is 6. The van der Waals surface area contributed by atoms with Gasteiger partial charge in [0.05, 0.1) is 29.2 Å². The number of sulfone groups is 1. The van der Waals surface area contributed by atoms with Crippen molar-refractivity contribution < 1.29 is 22.8 Å². The van der Waals surface area contributed by atoms with E-state index in [9.17, 15) is 22.8 Å². The second-order valence-corrected chi connectivity index (χ2v) is 13.4. The minimum atomic E-state index is -3.85. The molecule has 13 heteroatoms. The molecule has 3 amide bonds. The van der Waals surface area contributed by atoms with Crippen LogP contribution in [-0.4, -0.2) is 68.7 Å². The van der Waals surface area contributed by atoms with Crippen LogP contribution in [0.2, 0.25) is 10.0 Å². The first-order valence-corrected chi connectivity index (χ1v) is 16.1. The molecule has 5 rings (SSSR count). The molecule has 0 radical (unpaired) electrons. The normalized spacial score (nSPS) is 16.2. The third-order valence-electron chi connectivity index (χ3n) is 7.65. The first-order chi connectivity index (χ1) is 20.4. The van der Waals surface area contributed by atoms with Crippen LogP contribution in [0.5, 0.6) is 0 Å². The predicted molar refractivity (Wildman–Crippen MR) is 167 cm³/mol. The van der Waals surface area contributed by atoms with Crippen molar-refractivity contribution >= 4 is 68.1 Å². The highest BCUT2D eigenvalue weighted by atomic mass is 35.5. The maximum atomic E-state index is 13.3. The zero-order valence-electron chi connectivity index (χ0n) is 23.6. The minimum Gasteiger partial charge on any atom is -0.359 e. The minimum absolute atomic E-state index is 0.0174. The number of hydrogen-bond donors (Lipinski definition) is 4. The summed E-state index contributed by atoms with van der Waals surface area (Å²) in [5.41, 5.74) is 4.62. The SMILES string of the molecule is Cc1[nH]c(/C=C2\C(=O)Nc3ccc(S(=O)(=O)Cc4c(Cl)cccc4Cl)cc32)c(C)c1CC(=O)NCCN1CCNC(=O)C1. The molecule has 226 valence electrons. The molecule has 2 aliphatic rings. The molecule has 3 aromatic rings. The summed E-state index contributed by atoms with van der Waals surface area (Å²) >= 11 is 12.4. The molecule has 1 fully saturated rings. The van der Waals surface area contributed by atoms with Crippen LogP contribution in [0.1, 0.15) is 33.6 Å². The lowest BCUT2D eigenvalue weighted by Gasteiger charge is -2.26. The van der Waals surface area contributed by atoms with E-state index in [-0.39, 0.29) is 39.1 Å². The number of aromatic nitrogens is 1. The number of aryl methyl sites for hydroxylation is 1. The molecule has 0 aliphatic carbocycles. The molecule has 0 saturated carbocycles. The average molecular weight is 645 g/mol. The Balaban J connectivity index is 1.33. The van der Waals surface area contributed by atoms with Crippen molar-refractivity contribution in [2.75, 3.05) is 38.0 Å². The summed E-state index contributed by atoms with van der Waals surface area (Å²) in [6.07, 6.45) is 1.82. The standard InChI is InChI=1S/C30H31Cl2N5O5S/c1-17-20(14-28(38)33-8-10-37-11-9-34-29(39)15-37)18(2)35-27(17)13-22-21-12-19(6-7-26(21)36-30(22)40)43(41,42)16-23-24(31)4-3-5-25(23)32/h3-7,12-13,35H,8-11,14-16H2,1-2H3,(H,33,38)(H,34,39)(H,36,40)/b22-13-. The molecule has 4 N–H and O–H groups in total. The van der Waals surface area contributed by atoms with Gasteiger partial charge in [-0.05, 0) is 61.4 Å². The van der Waals surface area contributed by atoms with Crippen molar-refractivity contribution in [1.82, 2.24) is 20.5 Å². The van der Waals surface area contributed by atoms with E-state index < -0.39 is 15.6 Å². The van der Waals surface area contributed by atoms with Crippen LogP contribution in [0.15, 0.2) is 41.3 Å². The Morgan fingerprint density at radius 2 is 1.84 bits per heavy atom. The Bertz CT molecular complexity index is 1750. The molecule has 0 spiro atoms. The average Bonchev–Trinajstić information content (AvgIpc) is 3.40. The number of amides is 3. The van der Waals surface area contributed by atoms with Crippen LogP contribution in [0.25, 0.3) is 11.6 Å². The van der Waals surface area contributed by atoms with E-state index in [0.717, 1.165) is 23.4 Å². The van der Waals surface area contributed by atoms with Crippen LogP contribution in [0.4, 0.5) is 5.69 Å². The van der Waals surface area contributed by atoms with Gasteiger partial charge in [-0.15, -0.1) is 0 Å². The van der Waals surface area contributed by atoms with Crippen molar-refractivity contribution in [1.29, 1.82) is 0 Å². The van der Waals surface area contributed by atoms with Crippen molar-refractivity contribution in [2.24, 2.45) is 0 Å². The van der Waals surface area contributed by atoms with Crippen LogP contribution in [0.3, 0.4) is 0 Å². The van der Waals surface area contributed by atoms with Gasteiger partial charge in [0.1, 0.15) is 0 Å². The number of carbonyl (C=O) groups excluding carboxylic acids is 3. The maximum Gasteiger partial charge on any atom is 0.256 e. The molecule has 3 heterocycles. The summed E-state index contributed by atoms with van der Waals surface area (Å²) in [4.78, 5) is 42.5. The molecular formula is C30H31Cl2N5O5S. The number of benzene rings is 2. The number of rotatable bonds is 9. The molecule has 0 atom stereocenters. The van der Waals surface area contributed by atoms with Crippen LogP contribution >= 0.6 is 23.2 Å². The van der Waals surface area contributed by atoms with Gasteiger partial charge < -0.3 is 20.9 Å². The van der Waals surface area contributed by atoms with Gasteiger partial charge in [-0.2, -0.15) is 0 Å². The second-order valence-electron chi connectivity index (χ2n) is 10.6. The van der Waals surface area contributed by atoms with Gasteiger partial charge in [0.15, 0.2) is 9.84 Å². The number of carbonyl (C=O) groups is 3. The summed E-state index contributed by atoms with van der Waals surface area (Å²) < 4.78 is 26.7. The number of fused-ring (bicyclic) bond motifs is 1. The summed E-state index contributed by atoms with van der Waals surface area (Å²) in [5.74, 6) is -0.922. The Hall–Kier alpha value is -3.64. The molecule has 2 aromatic carbocycles. The number of aromatic amines is 1. The van der Waals surface area contributed by atoms with Gasteiger partial charge in [0.2, 0.25) is 11.8 Å². The van der Waals surface area contributed by atoms with E-state index in [1.807, 2.05) is 18.7 Å². The fourth-order valence-corrected chi connectivity index (χ4v) is 7.40. The third kappa shape index (κ3) is 6.80. The van der Waals surface area contributed by atoms with Crippen molar-refractivity contribution in [2.45, 2.75) is 30.9 Å². The smallest absolute Gasteiger partial charge is 0.256 e. The van der Waals surface area contributed by atoms with E-state index in [2.05, 4.69) is 20.9 Å². The van der Waals surface area contributed by atoms with Crippen LogP contribution in [-0.2, 0) is 36.4 Å². The van der Waals surface area contributed by atoms with Crippen molar-refractivity contribution in [3.05, 3.63) is 80.1 Å². The fourth-order valence-electron chi connectivity index (χ4n) is 5.28. The lowest BCUT2D eigenvalue weighted by molar-refractivity contribution is -0.124. The van der Waals surface area contributed by atoms with Gasteiger partial charge in [-0.3, -0.25) is 19.3 Å². The zero-order valence-corrected chi connectivity index (χ0v) is 26.0. The molecule has 10 nitrogen and oxygen atoms in total. The Labute approximate surface area is 259 Å². The predicted octanol–water partition coefficient (Wildman–Crippen LogP) is 3.50. The lowest BCUT2D eigenvalue weighted by Crippen LogP contribution is -2.49. The Morgan fingerprint density at radius 1 is 1.09 bits per heavy atom. The molecule has 0 bridgehead atoms. The van der Waals surface area contributed by atoms with Crippen molar-refractivity contribution in [3.63, 3.8) is 0 Å². The van der Waals surface area contributed by atoms with E-state index >= 15 is 0 Å². The number of nitrogens with zero attached hydrogens (tertiary/aromatic N) is 1. The third-order valence-corrected chi connectivity index (χ3v) is 10.0. The number of nitrogens with one attached hydrogen (secondary N) is 4. The van der Waals surface area contributed by atoms with Gasteiger partial charge >= 0.3 is 0 Å². The van der Waals surface area contributed by atoms with E-state index in [1.165, 1.54) is 12.1 Å². The highest BCUT2D eigenvalue weighted by Crippen LogP contribution is 2.37. The molecule has 1 saturated heterocycles. The summed E-state index contributed by atoms with van der Waals surface area (Å²) in [6.45, 7) is 6.41. The van der Waals surface area contributed by atoms with Gasteiger partial charge in [0, 0.05) is 64.4 Å². The number of piperazine rings is 1. The molecule has 1 aromatic heterocycles. The summed E-state index contributed by atoms with van der Waals surface area (Å²) in [5, 5.41) is 9.00. The van der Waals surface area contributed by atoms with E-state index in [0.29, 0.717) is 54.3 Å². The van der Waals surface area contributed by atoms with Crippen LogP contribution in [0, 0.1) is 13.8 Å². The topological polar surface area (TPSA) is 140 Å². The fraction of sp³-hybridized carbons (Fsp3) is 0.300. The zero-order chi connectivity index (χ0) is 30.9. The van der Waals surface area contributed by atoms with E-state index in [4.69, 9.17) is 23.2 Å². The highest BCUT2D eigenvalue weighted by molar-refractivity contribution is 7.90.